The molecule has 6 nitrogen and oxygen atoms in total. The molecule has 0 aliphatic heterocycles. The number of hydrogen-bond donors (Lipinski definition) is 2. The van der Waals surface area contributed by atoms with Gasteiger partial charge in [0.2, 0.25) is 0 Å². The van der Waals surface area contributed by atoms with Gasteiger partial charge in [-0.2, -0.15) is 0 Å². The van der Waals surface area contributed by atoms with Gasteiger partial charge >= 0.3 is 5.97 Å². The molecule has 1 amide bonds. The summed E-state index contributed by atoms with van der Waals surface area (Å²) in [5.41, 5.74) is 1.95. The fourth-order valence-electron chi connectivity index (χ4n) is 3.30. The maximum absolute atomic E-state index is 12.8. The van der Waals surface area contributed by atoms with Crippen LogP contribution in [-0.2, 0) is 17.6 Å². The van der Waals surface area contributed by atoms with Crippen molar-refractivity contribution in [3.05, 3.63) is 45.8 Å². The topological polar surface area (TPSA) is 76.7 Å². The number of carbonyl (C=O) groups is 2. The fraction of sp³-hybridized carbons (Fsp3) is 0.409. The first kappa shape index (κ1) is 22.2. The van der Waals surface area contributed by atoms with Gasteiger partial charge in [0.05, 0.1) is 24.8 Å². The second kappa shape index (κ2) is 10.0. The maximum Gasteiger partial charge on any atom is 0.341 e. The highest BCUT2D eigenvalue weighted by molar-refractivity contribution is 7.80. The molecule has 3 rings (SSSR count). The summed E-state index contributed by atoms with van der Waals surface area (Å²) in [6.45, 7) is 4.78. The van der Waals surface area contributed by atoms with Crippen molar-refractivity contribution < 1.29 is 19.1 Å². The van der Waals surface area contributed by atoms with Crippen LogP contribution in [0.1, 0.15) is 57.8 Å². The van der Waals surface area contributed by atoms with Crippen molar-refractivity contribution in [1.82, 2.24) is 5.32 Å². The number of thiophene rings is 1. The summed E-state index contributed by atoms with van der Waals surface area (Å²) in [4.78, 5) is 26.2. The molecule has 0 spiro atoms. The average Bonchev–Trinajstić information content (AvgIpc) is 3.28. The molecule has 30 heavy (non-hydrogen) atoms. The lowest BCUT2D eigenvalue weighted by Crippen LogP contribution is -2.34. The summed E-state index contributed by atoms with van der Waals surface area (Å²) in [5.74, 6) is 0.272. The number of hydrogen-bond acceptors (Lipinski definition) is 6. The molecule has 0 radical (unpaired) electrons. The lowest BCUT2D eigenvalue weighted by Gasteiger charge is -2.14. The molecule has 0 saturated heterocycles. The highest BCUT2D eigenvalue weighted by atomic mass is 32.1. The predicted octanol–water partition coefficient (Wildman–Crippen LogP) is 4.58. The van der Waals surface area contributed by atoms with Gasteiger partial charge in [-0.25, -0.2) is 4.79 Å². The van der Waals surface area contributed by atoms with Crippen molar-refractivity contribution in [2.24, 2.45) is 5.92 Å². The number of esters is 1. The highest BCUT2D eigenvalue weighted by Gasteiger charge is 2.28. The zero-order valence-corrected chi connectivity index (χ0v) is 19.0. The fourth-order valence-corrected chi connectivity index (χ4v) is 4.84. The molecule has 1 aromatic carbocycles. The van der Waals surface area contributed by atoms with Crippen molar-refractivity contribution in [2.45, 2.75) is 39.5 Å². The number of carbonyl (C=O) groups excluding carboxylic acids is 2. The maximum atomic E-state index is 12.8. The number of thiocarbonyl (C=S) groups is 1. The molecule has 8 heteroatoms. The predicted molar refractivity (Wildman–Crippen MR) is 123 cm³/mol. The molecule has 1 aliphatic rings. The van der Waals surface area contributed by atoms with Crippen molar-refractivity contribution in [3.63, 3.8) is 0 Å². The van der Waals surface area contributed by atoms with Crippen LogP contribution in [0.3, 0.4) is 0 Å². The van der Waals surface area contributed by atoms with Gasteiger partial charge in [0.25, 0.3) is 5.91 Å². The Kier molecular flexibility index (Phi) is 7.44. The van der Waals surface area contributed by atoms with Crippen molar-refractivity contribution >= 4 is 45.5 Å². The van der Waals surface area contributed by atoms with E-state index in [1.165, 1.54) is 18.4 Å². The number of rotatable bonds is 7. The Labute approximate surface area is 186 Å². The van der Waals surface area contributed by atoms with Gasteiger partial charge < -0.3 is 14.8 Å². The van der Waals surface area contributed by atoms with E-state index in [1.54, 1.807) is 18.2 Å². The molecule has 0 bridgehead atoms. The standard InChI is InChI=1S/C22H26N2O4S2/c1-13(2)11-12-28-16-9-5-4-7-14(16)19(25)23-22(29)24-20-18(21(26)27-3)15-8-6-10-17(15)30-20/h4-5,7,9,13H,6,8,10-12H2,1-3H3,(H2,23,24,25,29). The Balaban J connectivity index is 1.69. The summed E-state index contributed by atoms with van der Waals surface area (Å²) in [5, 5.41) is 6.44. The second-order valence-corrected chi connectivity index (χ2v) is 9.00. The SMILES string of the molecule is COC(=O)c1c(NC(=S)NC(=O)c2ccccc2OCCC(C)C)sc2c1CCC2. The van der Waals surface area contributed by atoms with Crippen LogP contribution >= 0.6 is 23.6 Å². The normalized spacial score (nSPS) is 12.4. The minimum Gasteiger partial charge on any atom is -0.493 e. The van der Waals surface area contributed by atoms with Crippen molar-refractivity contribution in [2.75, 3.05) is 19.0 Å². The second-order valence-electron chi connectivity index (χ2n) is 7.49. The van der Waals surface area contributed by atoms with Gasteiger partial charge in [-0.05, 0) is 61.5 Å². The monoisotopic (exact) mass is 446 g/mol. The van der Waals surface area contributed by atoms with E-state index in [0.717, 1.165) is 36.1 Å². The molecule has 0 unspecified atom stereocenters. The number of nitrogens with one attached hydrogen (secondary N) is 2. The van der Waals surface area contributed by atoms with Crippen LogP contribution < -0.4 is 15.4 Å². The zero-order chi connectivity index (χ0) is 21.7. The van der Waals surface area contributed by atoms with Gasteiger partial charge in [-0.15, -0.1) is 11.3 Å². The van der Waals surface area contributed by atoms with Crippen LogP contribution in [0, 0.1) is 5.92 Å². The molecular weight excluding hydrogens is 420 g/mol. The van der Waals surface area contributed by atoms with E-state index in [9.17, 15) is 9.59 Å². The molecule has 2 N–H and O–H groups in total. The third-order valence-electron chi connectivity index (χ3n) is 4.85. The molecule has 1 heterocycles. The van der Waals surface area contributed by atoms with Gasteiger partial charge in [-0.1, -0.05) is 26.0 Å². The van der Waals surface area contributed by atoms with Crippen molar-refractivity contribution in [1.29, 1.82) is 0 Å². The number of methoxy groups -OCH3 is 1. The molecule has 2 aromatic rings. The van der Waals surface area contributed by atoms with Crippen LogP contribution in [0.4, 0.5) is 5.00 Å². The van der Waals surface area contributed by atoms with E-state index in [0.29, 0.717) is 34.4 Å². The minimum atomic E-state index is -0.394. The van der Waals surface area contributed by atoms with E-state index < -0.39 is 5.97 Å². The minimum absolute atomic E-state index is 0.127. The number of benzene rings is 1. The number of para-hydroxylation sites is 1. The molecule has 0 atom stereocenters. The zero-order valence-electron chi connectivity index (χ0n) is 17.4. The van der Waals surface area contributed by atoms with Gasteiger partial charge in [0, 0.05) is 4.88 Å². The molecule has 1 aromatic heterocycles. The third-order valence-corrected chi connectivity index (χ3v) is 6.26. The Hall–Kier alpha value is -2.45. The summed E-state index contributed by atoms with van der Waals surface area (Å²) < 4.78 is 10.7. The van der Waals surface area contributed by atoms with Gasteiger partial charge in [0.15, 0.2) is 5.11 Å². The van der Waals surface area contributed by atoms with Crippen LogP contribution in [-0.4, -0.2) is 30.7 Å². The number of aryl methyl sites for hydroxylation is 1. The van der Waals surface area contributed by atoms with Crippen LogP contribution in [0.15, 0.2) is 24.3 Å². The summed E-state index contributed by atoms with van der Waals surface area (Å²) in [7, 11) is 1.36. The smallest absolute Gasteiger partial charge is 0.341 e. The van der Waals surface area contributed by atoms with Crippen molar-refractivity contribution in [3.8, 4) is 5.75 Å². The summed E-state index contributed by atoms with van der Waals surface area (Å²) >= 11 is 6.82. The van der Waals surface area contributed by atoms with E-state index in [4.69, 9.17) is 21.7 Å². The van der Waals surface area contributed by atoms with Gasteiger partial charge in [0.1, 0.15) is 10.8 Å². The Morgan fingerprint density at radius 3 is 2.73 bits per heavy atom. The molecule has 0 fully saturated rings. The Morgan fingerprint density at radius 2 is 2.00 bits per heavy atom. The van der Waals surface area contributed by atoms with E-state index >= 15 is 0 Å². The lowest BCUT2D eigenvalue weighted by molar-refractivity contribution is 0.0601. The molecule has 1 aliphatic carbocycles. The average molecular weight is 447 g/mol. The third kappa shape index (κ3) is 5.17. The number of ether oxygens (including phenoxy) is 2. The largest absolute Gasteiger partial charge is 0.493 e. The number of anilines is 1. The quantitative estimate of drug-likeness (QED) is 0.479. The van der Waals surface area contributed by atoms with Crippen LogP contribution in [0.2, 0.25) is 0 Å². The van der Waals surface area contributed by atoms with Gasteiger partial charge in [-0.3, -0.25) is 10.1 Å². The number of fused-ring (bicyclic) bond motifs is 1. The first-order valence-electron chi connectivity index (χ1n) is 9.97. The molecular formula is C22H26N2O4S2. The highest BCUT2D eigenvalue weighted by Crippen LogP contribution is 2.39. The first-order chi connectivity index (χ1) is 14.4. The first-order valence-corrected chi connectivity index (χ1v) is 11.2. The lowest BCUT2D eigenvalue weighted by atomic mass is 10.1. The Morgan fingerprint density at radius 1 is 1.23 bits per heavy atom. The Bertz CT molecular complexity index is 953. The van der Waals surface area contributed by atoms with E-state index in [1.807, 2.05) is 6.07 Å². The molecule has 160 valence electrons. The number of amides is 1. The van der Waals surface area contributed by atoms with E-state index in [2.05, 4.69) is 24.5 Å². The summed E-state index contributed by atoms with van der Waals surface area (Å²) in [6, 6.07) is 7.07. The van der Waals surface area contributed by atoms with Crippen LogP contribution in [0.25, 0.3) is 0 Å². The molecule has 0 saturated carbocycles. The summed E-state index contributed by atoms with van der Waals surface area (Å²) in [6.07, 6.45) is 3.71. The van der Waals surface area contributed by atoms with Crippen LogP contribution in [0.5, 0.6) is 5.75 Å². The van der Waals surface area contributed by atoms with E-state index in [-0.39, 0.29) is 11.0 Å².